The molecule has 0 saturated carbocycles. The maximum absolute atomic E-state index is 13.1. The Morgan fingerprint density at radius 3 is 2.42 bits per heavy atom. The molecule has 0 N–H and O–H groups in total. The third-order valence-electron chi connectivity index (χ3n) is 4.28. The van der Waals surface area contributed by atoms with Gasteiger partial charge in [0.25, 0.3) is 5.91 Å². The van der Waals surface area contributed by atoms with Gasteiger partial charge in [-0.15, -0.1) is 0 Å². The topological polar surface area (TPSA) is 87.0 Å². The monoisotopic (exact) mass is 444 g/mol. The Labute approximate surface area is 181 Å². The van der Waals surface area contributed by atoms with Crippen LogP contribution in [0.1, 0.15) is 29.8 Å². The Bertz CT molecular complexity index is 1180. The predicted molar refractivity (Wildman–Crippen MR) is 113 cm³/mol. The lowest BCUT2D eigenvalue weighted by molar-refractivity contribution is -0.143. The number of halogens is 1. The normalized spacial score (nSPS) is 11.5. The number of rotatable bonds is 7. The summed E-state index contributed by atoms with van der Waals surface area (Å²) in [6, 6.07) is 10.5. The van der Waals surface area contributed by atoms with Crippen LogP contribution in [0.25, 0.3) is 10.2 Å². The van der Waals surface area contributed by atoms with Crippen molar-refractivity contribution in [2.75, 3.05) is 13.2 Å². The Morgan fingerprint density at radius 1 is 1.03 bits per heavy atom. The molecule has 0 spiro atoms. The summed E-state index contributed by atoms with van der Waals surface area (Å²) in [5, 5.41) is 0. The first kappa shape index (κ1) is 22.4. The van der Waals surface area contributed by atoms with Crippen LogP contribution in [0.2, 0.25) is 0 Å². The number of ether oxygens (including phenoxy) is 2. The maximum Gasteiger partial charge on any atom is 0.338 e. The first-order valence-corrected chi connectivity index (χ1v) is 10.5. The van der Waals surface area contributed by atoms with Crippen molar-refractivity contribution >= 4 is 39.4 Å². The van der Waals surface area contributed by atoms with E-state index in [-0.39, 0.29) is 32.0 Å². The van der Waals surface area contributed by atoms with Crippen molar-refractivity contribution in [3.05, 3.63) is 64.2 Å². The highest BCUT2D eigenvalue weighted by molar-refractivity contribution is 7.16. The number of carbonyl (C=O) groups excluding carboxylic acids is 3. The van der Waals surface area contributed by atoms with Crippen LogP contribution in [0.15, 0.2) is 47.5 Å². The van der Waals surface area contributed by atoms with Crippen molar-refractivity contribution in [3.63, 3.8) is 0 Å². The van der Waals surface area contributed by atoms with Crippen LogP contribution in [0.4, 0.5) is 4.39 Å². The molecule has 9 heteroatoms. The minimum absolute atomic E-state index is 0.0119. The van der Waals surface area contributed by atoms with Gasteiger partial charge >= 0.3 is 11.9 Å². The second-order valence-electron chi connectivity index (χ2n) is 6.49. The Balaban J connectivity index is 2.00. The van der Waals surface area contributed by atoms with Gasteiger partial charge in [0.1, 0.15) is 12.4 Å². The van der Waals surface area contributed by atoms with Gasteiger partial charge in [-0.1, -0.05) is 23.5 Å². The van der Waals surface area contributed by atoms with Gasteiger partial charge in [0.2, 0.25) is 0 Å². The number of hydrogen-bond donors (Lipinski definition) is 0. The number of esters is 2. The quantitative estimate of drug-likeness (QED) is 0.522. The van der Waals surface area contributed by atoms with Crippen LogP contribution in [-0.2, 0) is 32.0 Å². The number of amides is 1. The molecule has 0 saturated heterocycles. The molecule has 31 heavy (non-hydrogen) atoms. The van der Waals surface area contributed by atoms with Gasteiger partial charge in [0.05, 0.1) is 35.4 Å². The third kappa shape index (κ3) is 5.64. The van der Waals surface area contributed by atoms with Gasteiger partial charge in [-0.05, 0) is 49.7 Å². The Kier molecular flexibility index (Phi) is 7.30. The summed E-state index contributed by atoms with van der Waals surface area (Å²) in [6.07, 6.45) is -0.0119. The fraction of sp³-hybridized carbons (Fsp3) is 0.273. The lowest BCUT2D eigenvalue weighted by Gasteiger charge is -2.06. The molecule has 1 heterocycles. The highest BCUT2D eigenvalue weighted by Gasteiger charge is 2.15. The molecule has 0 atom stereocenters. The molecule has 7 nitrogen and oxygen atoms in total. The zero-order valence-corrected chi connectivity index (χ0v) is 17.9. The minimum Gasteiger partial charge on any atom is -0.465 e. The summed E-state index contributed by atoms with van der Waals surface area (Å²) in [5.74, 6) is -1.76. The standard InChI is InChI=1S/C22H21FN2O5S/c1-3-29-20(27)13-25-17-10-7-15(21(28)30-4-2)12-18(17)31-22(25)24-19(26)11-14-5-8-16(23)9-6-14/h5-10,12H,3-4,11,13H2,1-2H3. The summed E-state index contributed by atoms with van der Waals surface area (Å²) in [7, 11) is 0. The maximum atomic E-state index is 13.1. The van der Waals surface area contributed by atoms with Crippen molar-refractivity contribution in [3.8, 4) is 0 Å². The van der Waals surface area contributed by atoms with E-state index in [4.69, 9.17) is 9.47 Å². The van der Waals surface area contributed by atoms with Crippen LogP contribution in [-0.4, -0.2) is 35.6 Å². The summed E-state index contributed by atoms with van der Waals surface area (Å²) >= 11 is 1.17. The predicted octanol–water partition coefficient (Wildman–Crippen LogP) is 3.25. The average molecular weight is 444 g/mol. The molecule has 0 aliphatic heterocycles. The molecule has 0 bridgehead atoms. The van der Waals surface area contributed by atoms with Gasteiger partial charge in [-0.25, -0.2) is 9.18 Å². The molecule has 0 unspecified atom stereocenters. The van der Waals surface area contributed by atoms with Crippen LogP contribution in [0, 0.1) is 5.82 Å². The highest BCUT2D eigenvalue weighted by atomic mass is 32.1. The lowest BCUT2D eigenvalue weighted by Crippen LogP contribution is -2.23. The molecule has 162 valence electrons. The first-order chi connectivity index (χ1) is 14.9. The zero-order chi connectivity index (χ0) is 22.4. The van der Waals surface area contributed by atoms with Crippen molar-refractivity contribution in [1.82, 2.24) is 4.57 Å². The second-order valence-corrected chi connectivity index (χ2v) is 7.50. The van der Waals surface area contributed by atoms with Gasteiger partial charge in [-0.3, -0.25) is 9.59 Å². The number of hydrogen-bond acceptors (Lipinski definition) is 6. The van der Waals surface area contributed by atoms with Crippen molar-refractivity contribution in [1.29, 1.82) is 0 Å². The van der Waals surface area contributed by atoms with Gasteiger partial charge in [-0.2, -0.15) is 4.99 Å². The van der Waals surface area contributed by atoms with Crippen LogP contribution in [0.5, 0.6) is 0 Å². The summed E-state index contributed by atoms with van der Waals surface area (Å²) < 4.78 is 25.4. The van der Waals surface area contributed by atoms with E-state index in [2.05, 4.69) is 4.99 Å². The van der Waals surface area contributed by atoms with Crippen molar-refractivity contribution < 1.29 is 28.2 Å². The fourth-order valence-electron chi connectivity index (χ4n) is 2.91. The van der Waals surface area contributed by atoms with E-state index in [0.29, 0.717) is 26.1 Å². The van der Waals surface area contributed by atoms with E-state index in [1.807, 2.05) is 0 Å². The van der Waals surface area contributed by atoms with E-state index < -0.39 is 17.8 Å². The molecular weight excluding hydrogens is 423 g/mol. The van der Waals surface area contributed by atoms with Crippen LogP contribution >= 0.6 is 11.3 Å². The molecule has 0 aliphatic carbocycles. The number of carbonyl (C=O) groups is 3. The zero-order valence-electron chi connectivity index (χ0n) is 17.1. The number of aromatic nitrogens is 1. The van der Waals surface area contributed by atoms with Gasteiger partial charge in [0.15, 0.2) is 4.80 Å². The average Bonchev–Trinajstić information content (AvgIpc) is 3.06. The fourth-order valence-corrected chi connectivity index (χ4v) is 4.00. The molecule has 0 aliphatic rings. The lowest BCUT2D eigenvalue weighted by atomic mass is 10.1. The van der Waals surface area contributed by atoms with E-state index in [1.54, 1.807) is 36.6 Å². The molecule has 0 fully saturated rings. The molecule has 2 aromatic carbocycles. The smallest absolute Gasteiger partial charge is 0.338 e. The SMILES string of the molecule is CCOC(=O)Cn1c(=NC(=O)Cc2ccc(F)cc2)sc2cc(C(=O)OCC)ccc21. The molecular formula is C22H21FN2O5S. The molecule has 0 radical (unpaired) electrons. The number of thiazole rings is 1. The largest absolute Gasteiger partial charge is 0.465 e. The number of fused-ring (bicyclic) bond motifs is 1. The van der Waals surface area contributed by atoms with E-state index >= 15 is 0 Å². The summed E-state index contributed by atoms with van der Waals surface area (Å²) in [4.78, 5) is 41.1. The minimum atomic E-state index is -0.468. The Morgan fingerprint density at radius 2 is 1.74 bits per heavy atom. The highest BCUT2D eigenvalue weighted by Crippen LogP contribution is 2.20. The molecule has 3 rings (SSSR count). The van der Waals surface area contributed by atoms with Gasteiger partial charge < -0.3 is 14.0 Å². The summed E-state index contributed by atoms with van der Waals surface area (Å²) in [6.45, 7) is 3.78. The van der Waals surface area contributed by atoms with Crippen molar-refractivity contribution in [2.45, 2.75) is 26.8 Å². The van der Waals surface area contributed by atoms with E-state index in [1.165, 1.54) is 35.6 Å². The molecule has 1 amide bonds. The van der Waals surface area contributed by atoms with Crippen LogP contribution < -0.4 is 4.80 Å². The van der Waals surface area contributed by atoms with E-state index in [9.17, 15) is 18.8 Å². The first-order valence-electron chi connectivity index (χ1n) is 9.69. The number of nitrogens with zero attached hydrogens (tertiary/aromatic N) is 2. The third-order valence-corrected chi connectivity index (χ3v) is 5.32. The summed E-state index contributed by atoms with van der Waals surface area (Å²) in [5.41, 5.74) is 1.63. The Hall–Kier alpha value is -3.33. The van der Waals surface area contributed by atoms with Crippen molar-refractivity contribution in [2.24, 2.45) is 4.99 Å². The van der Waals surface area contributed by atoms with E-state index in [0.717, 1.165) is 0 Å². The molecule has 3 aromatic rings. The number of benzene rings is 2. The second kappa shape index (κ2) is 10.1. The van der Waals surface area contributed by atoms with Gasteiger partial charge in [0, 0.05) is 0 Å². The van der Waals surface area contributed by atoms with Crippen LogP contribution in [0.3, 0.4) is 0 Å². The molecule has 1 aromatic heterocycles.